The fraction of sp³-hybridized carbons (Fsp3) is 0.852. The van der Waals surface area contributed by atoms with Gasteiger partial charge in [0.1, 0.15) is 5.37 Å². The Kier molecular flexibility index (Phi) is 31.7. The van der Waals surface area contributed by atoms with Crippen LogP contribution < -0.4 is 33.3 Å². The Balaban J connectivity index is -0.000000554. The smallest absolute Gasteiger partial charge is 0.394 e. The minimum atomic E-state index is -3.93. The Morgan fingerprint density at radius 2 is 1.27 bits per heavy atom. The molecule has 0 saturated heterocycles. The molecule has 0 aliphatic heterocycles. The maximum absolute atomic E-state index is 11.0. The summed E-state index contributed by atoms with van der Waals surface area (Å²) in [4.78, 5) is 37.8. The van der Waals surface area contributed by atoms with E-state index < -0.39 is 49.4 Å². The van der Waals surface area contributed by atoms with E-state index in [0.717, 1.165) is 64.5 Å². The number of nitrogens with two attached hydrogens (primary N) is 3. The third kappa shape index (κ3) is 34.8. The van der Waals surface area contributed by atoms with Crippen molar-refractivity contribution in [2.24, 2.45) is 17.2 Å². The van der Waals surface area contributed by atoms with Gasteiger partial charge in [-0.25, -0.2) is 4.79 Å². The van der Waals surface area contributed by atoms with Crippen molar-refractivity contribution in [2.75, 3.05) is 31.9 Å². The SMILES string of the molecule is CCC(NC1CCCCC1)S(=O)(=O)O.CCS(=O)(=O)ONC1CCCCC1.NC(=O)C(=O)O.NCC(=O)O.NCCNCCCC(=O)O. The molecule has 2 rings (SSSR count). The molecule has 13 N–H and O–H groups in total. The molecule has 1 unspecified atom stereocenters. The predicted octanol–water partition coefficient (Wildman–Crippen LogP) is -0.292. The van der Waals surface area contributed by atoms with Crippen LogP contribution in [0.1, 0.15) is 97.3 Å². The van der Waals surface area contributed by atoms with Crippen LogP contribution in [0, 0.1) is 0 Å². The summed E-state index contributed by atoms with van der Waals surface area (Å²) in [5.74, 6) is -4.61. The molecule has 0 bridgehead atoms. The third-order valence-electron chi connectivity index (χ3n) is 6.51. The molecular formula is C27H58N6O13S2. The number of nitrogens with one attached hydrogen (secondary N) is 3. The Bertz CT molecular complexity index is 1070. The van der Waals surface area contributed by atoms with Crippen molar-refractivity contribution in [3.63, 3.8) is 0 Å². The third-order valence-corrected chi connectivity index (χ3v) is 8.75. The van der Waals surface area contributed by atoms with E-state index >= 15 is 0 Å². The van der Waals surface area contributed by atoms with Crippen molar-refractivity contribution in [2.45, 2.75) is 115 Å². The van der Waals surface area contributed by atoms with Gasteiger partial charge in [-0.1, -0.05) is 45.4 Å². The highest BCUT2D eigenvalue weighted by atomic mass is 32.2. The zero-order valence-corrected chi connectivity index (χ0v) is 29.6. The lowest BCUT2D eigenvalue weighted by molar-refractivity contribution is -0.148. The van der Waals surface area contributed by atoms with Gasteiger partial charge >= 0.3 is 23.8 Å². The summed E-state index contributed by atoms with van der Waals surface area (Å²) in [6, 6.07) is 0.477. The van der Waals surface area contributed by atoms with Crippen LogP contribution in [-0.2, 0) is 43.7 Å². The first-order valence-electron chi connectivity index (χ1n) is 15.8. The van der Waals surface area contributed by atoms with Gasteiger partial charge in [0, 0.05) is 31.6 Å². The molecule has 1 atom stereocenters. The summed E-state index contributed by atoms with van der Waals surface area (Å²) in [6.45, 7) is 5.16. The Morgan fingerprint density at radius 3 is 1.60 bits per heavy atom. The van der Waals surface area contributed by atoms with Gasteiger partial charge in [0.2, 0.25) is 0 Å². The lowest BCUT2D eigenvalue weighted by Crippen LogP contribution is -2.43. The summed E-state index contributed by atoms with van der Waals surface area (Å²) in [7, 11) is -7.26. The summed E-state index contributed by atoms with van der Waals surface area (Å²) in [6.07, 6.45) is 12.5. The van der Waals surface area contributed by atoms with Crippen LogP contribution in [0.25, 0.3) is 0 Å². The number of primary amides is 1. The molecule has 286 valence electrons. The molecular weight excluding hydrogens is 680 g/mol. The molecule has 0 aromatic heterocycles. The molecule has 2 saturated carbocycles. The lowest BCUT2D eigenvalue weighted by atomic mass is 9.95. The standard InChI is InChI=1S/C9H19NO3S.C8H17NO3S.C6H14N2O2.C2H3NO3.C2H5NO2/c1-2-9(14(11,12)13)10-8-6-4-3-5-7-8;1-2-13(10,11)12-9-8-6-4-3-5-7-8;7-3-5-8-4-1-2-6(9)10;3-1(4)2(5)6;3-1-2(4)5/h8-10H,2-7H2,1H3,(H,11,12,13);8-9H,2-7H2,1H3;8H,1-5,7H2,(H,9,10);(H2,3,4)(H,5,6);1,3H2,(H,4,5). The van der Waals surface area contributed by atoms with E-state index in [0.29, 0.717) is 19.4 Å². The second-order valence-electron chi connectivity index (χ2n) is 10.6. The van der Waals surface area contributed by atoms with Crippen molar-refractivity contribution in [1.29, 1.82) is 0 Å². The lowest BCUT2D eigenvalue weighted by Gasteiger charge is -2.26. The highest BCUT2D eigenvalue weighted by Crippen LogP contribution is 2.19. The van der Waals surface area contributed by atoms with Crippen molar-refractivity contribution >= 4 is 44.1 Å². The predicted molar refractivity (Wildman–Crippen MR) is 179 cm³/mol. The molecule has 2 fully saturated rings. The van der Waals surface area contributed by atoms with E-state index in [9.17, 15) is 36.0 Å². The second kappa shape index (κ2) is 30.6. The van der Waals surface area contributed by atoms with Gasteiger partial charge in [0.25, 0.3) is 20.2 Å². The van der Waals surface area contributed by atoms with Crippen LogP contribution in [0.2, 0.25) is 0 Å². The Labute approximate surface area is 283 Å². The zero-order valence-electron chi connectivity index (χ0n) is 28.0. The highest BCUT2D eigenvalue weighted by Gasteiger charge is 2.24. The van der Waals surface area contributed by atoms with Crippen LogP contribution in [0.4, 0.5) is 0 Å². The number of hydrogen-bond acceptors (Lipinski definition) is 14. The minimum Gasteiger partial charge on any atom is -0.481 e. The molecule has 19 nitrogen and oxygen atoms in total. The number of rotatable bonds is 15. The van der Waals surface area contributed by atoms with E-state index in [1.54, 1.807) is 13.8 Å². The number of amides is 1. The van der Waals surface area contributed by atoms with Crippen LogP contribution in [0.15, 0.2) is 0 Å². The van der Waals surface area contributed by atoms with E-state index in [2.05, 4.69) is 31.9 Å². The van der Waals surface area contributed by atoms with Gasteiger partial charge in [-0.15, -0.1) is 0 Å². The summed E-state index contributed by atoms with van der Waals surface area (Å²) < 4.78 is 57.3. The molecule has 0 aromatic rings. The van der Waals surface area contributed by atoms with Crippen LogP contribution in [0.3, 0.4) is 0 Å². The molecule has 21 heteroatoms. The number of carboxylic acids is 3. The van der Waals surface area contributed by atoms with Gasteiger partial charge < -0.3 is 37.8 Å². The molecule has 0 radical (unpaired) electrons. The number of carbonyl (C=O) groups is 4. The molecule has 0 heterocycles. The maximum atomic E-state index is 11.0. The highest BCUT2D eigenvalue weighted by molar-refractivity contribution is 7.86. The first-order chi connectivity index (χ1) is 22.4. The van der Waals surface area contributed by atoms with Crippen molar-refractivity contribution in [3.8, 4) is 0 Å². The quantitative estimate of drug-likeness (QED) is 0.0446. The summed E-state index contributed by atoms with van der Waals surface area (Å²) in [5.41, 5.74) is 16.6. The van der Waals surface area contributed by atoms with Crippen molar-refractivity contribution in [1.82, 2.24) is 16.1 Å². The van der Waals surface area contributed by atoms with Gasteiger partial charge in [-0.05, 0) is 52.0 Å². The van der Waals surface area contributed by atoms with Crippen LogP contribution in [0.5, 0.6) is 0 Å². The minimum absolute atomic E-state index is 0.0206. The van der Waals surface area contributed by atoms with E-state index in [1.165, 1.54) is 12.8 Å². The largest absolute Gasteiger partial charge is 0.481 e. The topological polar surface area (TPSA) is 341 Å². The first kappa shape index (κ1) is 49.9. The number of carboxylic acid groups (broad SMARTS) is 3. The first-order valence-corrected chi connectivity index (χ1v) is 18.9. The summed E-state index contributed by atoms with van der Waals surface area (Å²) in [5, 5.41) is 28.6. The van der Waals surface area contributed by atoms with Crippen molar-refractivity contribution < 1.29 is 60.2 Å². The van der Waals surface area contributed by atoms with Crippen LogP contribution in [-0.4, -0.2) is 110 Å². The molecule has 1 amide bonds. The monoisotopic (exact) mass is 738 g/mol. The fourth-order valence-corrected chi connectivity index (χ4v) is 5.15. The number of hydroxylamine groups is 1. The average Bonchev–Trinajstić information content (AvgIpc) is 3.04. The zero-order chi connectivity index (χ0) is 37.6. The number of hydrogen-bond donors (Lipinski definition) is 10. The van der Waals surface area contributed by atoms with E-state index in [-0.39, 0.29) is 30.8 Å². The van der Waals surface area contributed by atoms with Crippen molar-refractivity contribution in [3.05, 3.63) is 0 Å². The van der Waals surface area contributed by atoms with Gasteiger partial charge in [-0.2, -0.15) is 26.6 Å². The van der Waals surface area contributed by atoms with E-state index in [4.69, 9.17) is 25.6 Å². The molecule has 2 aliphatic carbocycles. The Hall–Kier alpha value is -2.50. The second-order valence-corrected chi connectivity index (χ2v) is 14.1. The van der Waals surface area contributed by atoms with Gasteiger partial charge in [0.05, 0.1) is 12.3 Å². The summed E-state index contributed by atoms with van der Waals surface area (Å²) >= 11 is 0. The molecule has 2 aliphatic rings. The molecule has 0 aromatic carbocycles. The Morgan fingerprint density at radius 1 is 0.812 bits per heavy atom. The van der Waals surface area contributed by atoms with Gasteiger partial charge in [0.15, 0.2) is 0 Å². The normalized spacial score (nSPS) is 15.7. The number of carbonyl (C=O) groups excluding carboxylic acids is 1. The van der Waals surface area contributed by atoms with Crippen LogP contribution >= 0.6 is 0 Å². The molecule has 48 heavy (non-hydrogen) atoms. The number of aliphatic carboxylic acids is 3. The maximum Gasteiger partial charge on any atom is 0.394 e. The fourth-order valence-electron chi connectivity index (χ4n) is 3.96. The molecule has 0 spiro atoms. The van der Waals surface area contributed by atoms with E-state index in [1.807, 2.05) is 0 Å². The van der Waals surface area contributed by atoms with Gasteiger partial charge in [-0.3, -0.25) is 24.3 Å². The average molecular weight is 739 g/mol.